The topological polar surface area (TPSA) is 58.6 Å². The second-order valence-corrected chi connectivity index (χ2v) is 8.32. The van der Waals surface area contributed by atoms with Crippen molar-refractivity contribution in [2.24, 2.45) is 0 Å². The average Bonchev–Trinajstić information content (AvgIpc) is 2.63. The van der Waals surface area contributed by atoms with Gasteiger partial charge in [0.1, 0.15) is 0 Å². The molecule has 1 saturated heterocycles. The largest absolute Gasteiger partial charge is 0.378 e. The summed E-state index contributed by atoms with van der Waals surface area (Å²) in [6.07, 6.45) is 1.96. The summed E-state index contributed by atoms with van der Waals surface area (Å²) in [4.78, 5) is 2.29. The van der Waals surface area contributed by atoms with E-state index in [9.17, 15) is 8.42 Å². The highest BCUT2D eigenvalue weighted by Crippen LogP contribution is 2.35. The van der Waals surface area contributed by atoms with Gasteiger partial charge >= 0.3 is 0 Å². The number of hydrogen-bond acceptors (Lipinski definition) is 4. The quantitative estimate of drug-likeness (QED) is 0.806. The Morgan fingerprint density at radius 1 is 1.12 bits per heavy atom. The number of benzene rings is 2. The van der Waals surface area contributed by atoms with E-state index in [2.05, 4.69) is 11.6 Å². The van der Waals surface area contributed by atoms with E-state index in [1.807, 2.05) is 17.0 Å². The number of para-hydroxylation sites is 1. The van der Waals surface area contributed by atoms with Crippen LogP contribution in [0.15, 0.2) is 47.4 Å². The van der Waals surface area contributed by atoms with Crippen molar-refractivity contribution in [1.29, 1.82) is 0 Å². The van der Waals surface area contributed by atoms with Crippen molar-refractivity contribution in [3.05, 3.63) is 53.1 Å². The van der Waals surface area contributed by atoms with Gasteiger partial charge in [0.25, 0.3) is 10.0 Å². The van der Waals surface area contributed by atoms with Crippen LogP contribution in [0.2, 0.25) is 5.02 Å². The monoisotopic (exact) mass is 394 g/mol. The van der Waals surface area contributed by atoms with Crippen molar-refractivity contribution in [2.45, 2.75) is 24.7 Å². The summed E-state index contributed by atoms with van der Waals surface area (Å²) < 4.78 is 33.7. The lowest BCUT2D eigenvalue weighted by Gasteiger charge is -2.31. The molecule has 3 rings (SSSR count). The first-order valence-corrected chi connectivity index (χ1v) is 10.6. The first-order valence-electron chi connectivity index (χ1n) is 8.74. The van der Waals surface area contributed by atoms with Crippen LogP contribution in [0, 0.1) is 0 Å². The Labute approximate surface area is 160 Å². The summed E-state index contributed by atoms with van der Waals surface area (Å²) >= 11 is 6.38. The molecule has 0 bridgehead atoms. The highest BCUT2D eigenvalue weighted by Gasteiger charge is 2.22. The van der Waals surface area contributed by atoms with Crippen LogP contribution in [-0.4, -0.2) is 34.7 Å². The van der Waals surface area contributed by atoms with Gasteiger partial charge in [-0.3, -0.25) is 4.72 Å². The summed E-state index contributed by atoms with van der Waals surface area (Å²) in [5, 5.41) is 0.519. The summed E-state index contributed by atoms with van der Waals surface area (Å²) in [6.45, 7) is 4.62. The van der Waals surface area contributed by atoms with Crippen LogP contribution in [0.25, 0.3) is 0 Å². The third-order valence-electron chi connectivity index (χ3n) is 4.33. The maximum atomic E-state index is 12.8. The van der Waals surface area contributed by atoms with Crippen LogP contribution in [-0.2, 0) is 21.2 Å². The molecule has 5 nitrogen and oxygen atoms in total. The van der Waals surface area contributed by atoms with Gasteiger partial charge in [-0.15, -0.1) is 0 Å². The van der Waals surface area contributed by atoms with E-state index in [0.717, 1.165) is 18.4 Å². The molecule has 2 aromatic carbocycles. The minimum Gasteiger partial charge on any atom is -0.378 e. The maximum Gasteiger partial charge on any atom is 0.261 e. The first-order chi connectivity index (χ1) is 12.5. The SMILES string of the molecule is CCCc1ccc(S(=O)(=O)Nc2cccc(Cl)c2N2CCOCC2)cc1. The molecule has 7 heteroatoms. The van der Waals surface area contributed by atoms with Gasteiger partial charge in [0.05, 0.1) is 34.5 Å². The smallest absolute Gasteiger partial charge is 0.261 e. The normalized spacial score (nSPS) is 15.1. The van der Waals surface area contributed by atoms with Crippen molar-refractivity contribution < 1.29 is 13.2 Å². The zero-order chi connectivity index (χ0) is 18.6. The lowest BCUT2D eigenvalue weighted by molar-refractivity contribution is 0.123. The number of morpholine rings is 1. The molecular formula is C19H23ClN2O3S. The first kappa shape index (κ1) is 19.0. The number of halogens is 1. The molecule has 1 N–H and O–H groups in total. The van der Waals surface area contributed by atoms with E-state index in [-0.39, 0.29) is 4.90 Å². The molecule has 0 aromatic heterocycles. The van der Waals surface area contributed by atoms with Gasteiger partial charge in [0.15, 0.2) is 0 Å². The van der Waals surface area contributed by atoms with Gasteiger partial charge in [0.2, 0.25) is 0 Å². The number of sulfonamides is 1. The molecule has 0 aliphatic carbocycles. The van der Waals surface area contributed by atoms with Crippen molar-refractivity contribution in [1.82, 2.24) is 0 Å². The average molecular weight is 395 g/mol. The van der Waals surface area contributed by atoms with E-state index in [4.69, 9.17) is 16.3 Å². The summed E-state index contributed by atoms with van der Waals surface area (Å²) in [7, 11) is -3.69. The van der Waals surface area contributed by atoms with Crippen LogP contribution >= 0.6 is 11.6 Å². The summed E-state index contributed by atoms with van der Waals surface area (Å²) in [5.41, 5.74) is 2.31. The third kappa shape index (κ3) is 4.31. The highest BCUT2D eigenvalue weighted by molar-refractivity contribution is 7.92. The maximum absolute atomic E-state index is 12.8. The Morgan fingerprint density at radius 3 is 2.46 bits per heavy atom. The van der Waals surface area contributed by atoms with Gasteiger partial charge in [-0.25, -0.2) is 8.42 Å². The molecule has 1 aliphatic heterocycles. The summed E-state index contributed by atoms with van der Waals surface area (Å²) in [6, 6.07) is 12.3. The molecule has 0 saturated carbocycles. The fraction of sp³-hybridized carbons (Fsp3) is 0.368. The standard InChI is InChI=1S/C19H23ClN2O3S/c1-2-4-15-7-9-16(10-8-15)26(23,24)21-18-6-3-5-17(20)19(18)22-11-13-25-14-12-22/h3,5-10,21H,2,4,11-14H2,1H3. The molecule has 0 radical (unpaired) electrons. The Bertz CT molecular complexity index is 848. The fourth-order valence-corrected chi connectivity index (χ4v) is 4.39. The molecule has 2 aromatic rings. The van der Waals surface area contributed by atoms with Crippen molar-refractivity contribution in [2.75, 3.05) is 35.9 Å². The van der Waals surface area contributed by atoms with E-state index < -0.39 is 10.0 Å². The Hall–Kier alpha value is -1.76. The molecule has 0 unspecified atom stereocenters. The molecule has 1 fully saturated rings. The lowest BCUT2D eigenvalue weighted by Crippen LogP contribution is -2.37. The van der Waals surface area contributed by atoms with Crippen LogP contribution in [0.3, 0.4) is 0 Å². The van der Waals surface area contributed by atoms with E-state index in [1.54, 1.807) is 30.3 Å². The number of aryl methyl sites for hydroxylation is 1. The number of rotatable bonds is 6. The fourth-order valence-electron chi connectivity index (χ4n) is 3.03. The van der Waals surface area contributed by atoms with Gasteiger partial charge in [0, 0.05) is 13.1 Å². The number of nitrogens with one attached hydrogen (secondary N) is 1. The molecule has 1 aliphatic rings. The molecule has 1 heterocycles. The third-order valence-corrected chi connectivity index (χ3v) is 6.02. The Balaban J connectivity index is 1.88. The van der Waals surface area contributed by atoms with Crippen LogP contribution < -0.4 is 9.62 Å². The Kier molecular flexibility index (Phi) is 6.06. The number of nitrogens with zero attached hydrogens (tertiary/aromatic N) is 1. The van der Waals surface area contributed by atoms with Crippen LogP contribution in [0.1, 0.15) is 18.9 Å². The van der Waals surface area contributed by atoms with Crippen LogP contribution in [0.4, 0.5) is 11.4 Å². The minimum absolute atomic E-state index is 0.241. The van der Waals surface area contributed by atoms with Gasteiger partial charge in [-0.2, -0.15) is 0 Å². The van der Waals surface area contributed by atoms with E-state index in [0.29, 0.717) is 42.7 Å². The van der Waals surface area contributed by atoms with Crippen molar-refractivity contribution in [3.63, 3.8) is 0 Å². The van der Waals surface area contributed by atoms with Crippen molar-refractivity contribution in [3.8, 4) is 0 Å². The number of hydrogen-bond donors (Lipinski definition) is 1. The molecule has 0 amide bonds. The zero-order valence-corrected chi connectivity index (χ0v) is 16.3. The second-order valence-electron chi connectivity index (χ2n) is 6.23. The lowest BCUT2D eigenvalue weighted by atomic mass is 10.1. The minimum atomic E-state index is -3.69. The molecule has 0 spiro atoms. The van der Waals surface area contributed by atoms with E-state index >= 15 is 0 Å². The van der Waals surface area contributed by atoms with Gasteiger partial charge in [-0.05, 0) is 36.2 Å². The predicted octanol–water partition coefficient (Wildman–Crippen LogP) is 3.93. The van der Waals surface area contributed by atoms with Crippen molar-refractivity contribution >= 4 is 33.0 Å². The predicted molar refractivity (Wildman–Crippen MR) is 106 cm³/mol. The van der Waals surface area contributed by atoms with Gasteiger partial charge in [-0.1, -0.05) is 43.1 Å². The number of anilines is 2. The Morgan fingerprint density at radius 2 is 1.81 bits per heavy atom. The number of ether oxygens (including phenoxy) is 1. The molecule has 0 atom stereocenters. The summed E-state index contributed by atoms with van der Waals surface area (Å²) in [5.74, 6) is 0. The second kappa shape index (κ2) is 8.29. The highest BCUT2D eigenvalue weighted by atomic mass is 35.5. The van der Waals surface area contributed by atoms with Gasteiger partial charge < -0.3 is 9.64 Å². The molecule has 140 valence electrons. The zero-order valence-electron chi connectivity index (χ0n) is 14.7. The van der Waals surface area contributed by atoms with Crippen LogP contribution in [0.5, 0.6) is 0 Å². The molecule has 26 heavy (non-hydrogen) atoms. The van der Waals surface area contributed by atoms with E-state index in [1.165, 1.54) is 0 Å². The molecular weight excluding hydrogens is 372 g/mol.